The van der Waals surface area contributed by atoms with Crippen LogP contribution < -0.4 is 5.73 Å². The lowest BCUT2D eigenvalue weighted by Gasteiger charge is -2.11. The number of aryl methyl sites for hydroxylation is 1. The van der Waals surface area contributed by atoms with Crippen LogP contribution >= 0.6 is 11.6 Å². The molecule has 0 fully saturated rings. The van der Waals surface area contributed by atoms with Crippen LogP contribution in [-0.4, -0.2) is 20.6 Å². The third-order valence-corrected chi connectivity index (χ3v) is 4.47. The summed E-state index contributed by atoms with van der Waals surface area (Å²) in [5, 5.41) is 5.15. The second-order valence-electron chi connectivity index (χ2n) is 5.90. The van der Waals surface area contributed by atoms with Gasteiger partial charge in [0.05, 0.1) is 17.0 Å². The number of carbonyl (C=O) groups is 1. The Bertz CT molecular complexity index is 1180. The molecular formula is C19H13ClFN4O2. The first kappa shape index (κ1) is 17.2. The van der Waals surface area contributed by atoms with Crippen LogP contribution in [-0.2, 0) is 4.79 Å². The van der Waals surface area contributed by atoms with Gasteiger partial charge in [-0.15, -0.1) is 0 Å². The van der Waals surface area contributed by atoms with Crippen molar-refractivity contribution in [2.75, 3.05) is 0 Å². The summed E-state index contributed by atoms with van der Waals surface area (Å²) < 4.78 is 21.3. The van der Waals surface area contributed by atoms with Gasteiger partial charge in [0, 0.05) is 23.6 Å². The van der Waals surface area contributed by atoms with Crippen molar-refractivity contribution < 1.29 is 13.7 Å². The van der Waals surface area contributed by atoms with E-state index in [9.17, 15) is 9.18 Å². The van der Waals surface area contributed by atoms with Gasteiger partial charge in [-0.05, 0) is 18.2 Å². The van der Waals surface area contributed by atoms with E-state index in [2.05, 4.69) is 10.1 Å². The maximum atomic E-state index is 14.5. The predicted octanol–water partition coefficient (Wildman–Crippen LogP) is 3.82. The lowest BCUT2D eigenvalue weighted by molar-refractivity contribution is -0.114. The fraction of sp³-hybridized carbons (Fsp3) is 0.0526. The van der Waals surface area contributed by atoms with Crippen LogP contribution in [0, 0.1) is 19.2 Å². The molecule has 0 spiro atoms. The number of benzene rings is 2. The number of primary amides is 1. The molecule has 2 N–H and O–H groups in total. The van der Waals surface area contributed by atoms with Gasteiger partial charge in [0.25, 0.3) is 0 Å². The number of hydrogen-bond acceptors (Lipinski definition) is 4. The van der Waals surface area contributed by atoms with E-state index in [4.69, 9.17) is 21.9 Å². The second-order valence-corrected chi connectivity index (χ2v) is 6.28. The summed E-state index contributed by atoms with van der Waals surface area (Å²) in [4.78, 5) is 15.3. The van der Waals surface area contributed by atoms with E-state index in [1.165, 1.54) is 12.1 Å². The SMILES string of the molecule is Cc1nc(-c2c(Cl)c3ccccc3n2-c2ccc([CH]C(N)=O)c(F)c2)no1. The molecular weight excluding hydrogens is 371 g/mol. The molecule has 8 heteroatoms. The molecule has 4 aromatic rings. The number of carbonyl (C=O) groups excluding carboxylic acids is 1. The molecule has 0 aliphatic heterocycles. The maximum Gasteiger partial charge on any atom is 0.226 e. The van der Waals surface area contributed by atoms with Crippen molar-refractivity contribution in [1.82, 2.24) is 14.7 Å². The van der Waals surface area contributed by atoms with Crippen LogP contribution in [0.3, 0.4) is 0 Å². The van der Waals surface area contributed by atoms with E-state index in [1.54, 1.807) is 17.6 Å². The highest BCUT2D eigenvalue weighted by atomic mass is 35.5. The number of rotatable bonds is 4. The molecule has 0 aliphatic rings. The zero-order chi connectivity index (χ0) is 19.1. The quantitative estimate of drug-likeness (QED) is 0.580. The molecule has 6 nitrogen and oxygen atoms in total. The van der Waals surface area contributed by atoms with Crippen LogP contribution in [0.25, 0.3) is 28.1 Å². The summed E-state index contributed by atoms with van der Waals surface area (Å²) in [5.41, 5.74) is 6.95. The minimum Gasteiger partial charge on any atom is -0.369 e. The number of aromatic nitrogens is 3. The Kier molecular flexibility index (Phi) is 4.16. The standard InChI is InChI=1S/C19H13ClFN4O2/c1-10-23-19(24-27-10)18-17(20)13-4-2-3-5-15(13)25(18)12-7-6-11(8-16(22)26)14(21)9-12/h2-9H,1H3,(H2,22,26). The highest BCUT2D eigenvalue weighted by molar-refractivity contribution is 6.38. The van der Waals surface area contributed by atoms with Crippen LogP contribution in [0.1, 0.15) is 11.5 Å². The number of nitrogens with two attached hydrogens (primary N) is 1. The molecule has 2 aromatic heterocycles. The van der Waals surface area contributed by atoms with Gasteiger partial charge in [-0.25, -0.2) is 4.39 Å². The van der Waals surface area contributed by atoms with Gasteiger partial charge in [-0.3, -0.25) is 4.79 Å². The highest BCUT2D eigenvalue weighted by Crippen LogP contribution is 2.38. The highest BCUT2D eigenvalue weighted by Gasteiger charge is 2.22. The molecule has 4 rings (SSSR count). The summed E-state index contributed by atoms with van der Waals surface area (Å²) in [6.07, 6.45) is 1.03. The van der Waals surface area contributed by atoms with Gasteiger partial charge < -0.3 is 14.8 Å². The van der Waals surface area contributed by atoms with Crippen molar-refractivity contribution in [3.8, 4) is 17.2 Å². The average Bonchev–Trinajstić information content (AvgIpc) is 3.18. The molecule has 2 heterocycles. The molecule has 0 unspecified atom stereocenters. The minimum absolute atomic E-state index is 0.103. The first-order valence-electron chi connectivity index (χ1n) is 7.99. The average molecular weight is 384 g/mol. The molecule has 2 aromatic carbocycles. The van der Waals surface area contributed by atoms with E-state index in [1.807, 2.05) is 24.3 Å². The Morgan fingerprint density at radius 2 is 2.07 bits per heavy atom. The van der Waals surface area contributed by atoms with E-state index < -0.39 is 11.7 Å². The zero-order valence-corrected chi connectivity index (χ0v) is 14.9. The molecule has 27 heavy (non-hydrogen) atoms. The van der Waals surface area contributed by atoms with Crippen LogP contribution in [0.2, 0.25) is 5.02 Å². The van der Waals surface area contributed by atoms with Crippen molar-refractivity contribution in [3.05, 3.63) is 71.2 Å². The largest absolute Gasteiger partial charge is 0.369 e. The number of para-hydroxylation sites is 1. The van der Waals surface area contributed by atoms with E-state index >= 15 is 0 Å². The summed E-state index contributed by atoms with van der Waals surface area (Å²) in [7, 11) is 0. The van der Waals surface area contributed by atoms with Gasteiger partial charge >= 0.3 is 0 Å². The van der Waals surface area contributed by atoms with E-state index in [0.717, 1.165) is 17.3 Å². The first-order valence-corrected chi connectivity index (χ1v) is 8.37. The molecule has 1 radical (unpaired) electrons. The third-order valence-electron chi connectivity index (χ3n) is 4.09. The Morgan fingerprint density at radius 3 is 2.74 bits per heavy atom. The Labute approximate surface area is 158 Å². The Hall–Kier alpha value is -3.19. The summed E-state index contributed by atoms with van der Waals surface area (Å²) in [6.45, 7) is 1.67. The molecule has 1 amide bonds. The fourth-order valence-electron chi connectivity index (χ4n) is 2.99. The Morgan fingerprint density at radius 1 is 1.30 bits per heavy atom. The van der Waals surface area contributed by atoms with Crippen molar-refractivity contribution >= 4 is 28.4 Å². The molecule has 135 valence electrons. The number of fused-ring (bicyclic) bond motifs is 1. The molecule has 0 saturated carbocycles. The van der Waals surface area contributed by atoms with Crippen LogP contribution in [0.15, 0.2) is 47.0 Å². The summed E-state index contributed by atoms with van der Waals surface area (Å²) in [5.74, 6) is -0.633. The minimum atomic E-state index is -0.723. The lowest BCUT2D eigenvalue weighted by Crippen LogP contribution is -2.12. The van der Waals surface area contributed by atoms with Gasteiger partial charge in [0.1, 0.15) is 11.5 Å². The van der Waals surface area contributed by atoms with Crippen molar-refractivity contribution in [2.45, 2.75) is 6.92 Å². The van der Waals surface area contributed by atoms with Crippen LogP contribution in [0.4, 0.5) is 4.39 Å². The summed E-state index contributed by atoms with van der Waals surface area (Å²) >= 11 is 6.59. The Balaban J connectivity index is 1.98. The fourth-order valence-corrected chi connectivity index (χ4v) is 3.32. The third kappa shape index (κ3) is 2.96. The van der Waals surface area contributed by atoms with Gasteiger partial charge in [-0.2, -0.15) is 4.98 Å². The van der Waals surface area contributed by atoms with E-state index in [0.29, 0.717) is 28.1 Å². The topological polar surface area (TPSA) is 86.9 Å². The normalized spacial score (nSPS) is 11.2. The van der Waals surface area contributed by atoms with Gasteiger partial charge in [-0.1, -0.05) is 41.0 Å². The molecule has 0 bridgehead atoms. The first-order chi connectivity index (χ1) is 13.0. The second kappa shape index (κ2) is 6.51. The number of amides is 1. The number of halogens is 2. The smallest absolute Gasteiger partial charge is 0.226 e. The maximum absolute atomic E-state index is 14.5. The van der Waals surface area contributed by atoms with Crippen LogP contribution in [0.5, 0.6) is 0 Å². The zero-order valence-electron chi connectivity index (χ0n) is 14.1. The van der Waals surface area contributed by atoms with Gasteiger partial charge in [0.2, 0.25) is 17.6 Å². The molecule has 0 atom stereocenters. The van der Waals surface area contributed by atoms with E-state index in [-0.39, 0.29) is 5.56 Å². The van der Waals surface area contributed by atoms with Crippen molar-refractivity contribution in [1.29, 1.82) is 0 Å². The summed E-state index contributed by atoms with van der Waals surface area (Å²) in [6, 6.07) is 11.9. The van der Waals surface area contributed by atoms with Gasteiger partial charge in [0.15, 0.2) is 0 Å². The lowest BCUT2D eigenvalue weighted by atomic mass is 10.1. The number of hydrogen-bond donors (Lipinski definition) is 1. The van der Waals surface area contributed by atoms with Crippen molar-refractivity contribution in [3.63, 3.8) is 0 Å². The van der Waals surface area contributed by atoms with Crippen molar-refractivity contribution in [2.24, 2.45) is 5.73 Å². The predicted molar refractivity (Wildman–Crippen MR) is 98.9 cm³/mol. The monoisotopic (exact) mass is 383 g/mol. The number of nitrogens with zero attached hydrogens (tertiary/aromatic N) is 3. The molecule has 0 aliphatic carbocycles. The molecule has 0 saturated heterocycles.